The fourth-order valence-corrected chi connectivity index (χ4v) is 5.38. The lowest BCUT2D eigenvalue weighted by Gasteiger charge is -2.29. The highest BCUT2D eigenvalue weighted by molar-refractivity contribution is 7.93. The van der Waals surface area contributed by atoms with E-state index in [4.69, 9.17) is 9.47 Å². The van der Waals surface area contributed by atoms with Crippen molar-refractivity contribution in [2.75, 3.05) is 17.5 Å². The predicted molar refractivity (Wildman–Crippen MR) is 123 cm³/mol. The maximum absolute atomic E-state index is 14.1. The average Bonchev–Trinajstić information content (AvgIpc) is 3.58. The van der Waals surface area contributed by atoms with E-state index in [2.05, 4.69) is 0 Å². The molecule has 5 nitrogen and oxygen atoms in total. The van der Waals surface area contributed by atoms with Gasteiger partial charge in [0, 0.05) is 0 Å². The van der Waals surface area contributed by atoms with Gasteiger partial charge in [-0.25, -0.2) is 12.7 Å². The van der Waals surface area contributed by atoms with Gasteiger partial charge in [0.2, 0.25) is 0 Å². The molecule has 162 valence electrons. The largest absolute Gasteiger partial charge is 0.489 e. The number of hydrogen-bond donors (Lipinski definition) is 0. The van der Waals surface area contributed by atoms with Crippen molar-refractivity contribution in [3.05, 3.63) is 84.4 Å². The number of rotatable bonds is 7. The zero-order valence-electron chi connectivity index (χ0n) is 18.0. The van der Waals surface area contributed by atoms with E-state index in [-0.39, 0.29) is 16.4 Å². The second-order valence-corrected chi connectivity index (χ2v) is 10.3. The Morgan fingerprint density at radius 3 is 2.23 bits per heavy atom. The molecule has 1 atom stereocenters. The number of nitrogens with zero attached hydrogens (tertiary/aromatic N) is 1. The molecule has 1 aliphatic rings. The van der Waals surface area contributed by atoms with Gasteiger partial charge in [-0.1, -0.05) is 69.3 Å². The summed E-state index contributed by atoms with van der Waals surface area (Å²) in [6.07, 6.45) is 0.0662. The number of para-hydroxylation sites is 3. The van der Waals surface area contributed by atoms with Crippen LogP contribution in [0.2, 0.25) is 0 Å². The maximum Gasteiger partial charge on any atom is 0.269 e. The molecule has 6 heteroatoms. The Hall–Kier alpha value is -2.83. The van der Waals surface area contributed by atoms with Crippen molar-refractivity contribution in [2.24, 2.45) is 0 Å². The van der Waals surface area contributed by atoms with E-state index >= 15 is 0 Å². The summed E-state index contributed by atoms with van der Waals surface area (Å²) in [6.45, 7) is 7.10. The van der Waals surface area contributed by atoms with Crippen LogP contribution in [0.4, 0.5) is 11.4 Å². The normalized spacial score (nSPS) is 16.0. The number of benzene rings is 3. The first-order chi connectivity index (χ1) is 14.8. The van der Waals surface area contributed by atoms with Crippen LogP contribution in [-0.4, -0.2) is 27.7 Å². The zero-order valence-corrected chi connectivity index (χ0v) is 18.8. The van der Waals surface area contributed by atoms with Gasteiger partial charge in [-0.3, -0.25) is 0 Å². The van der Waals surface area contributed by atoms with Gasteiger partial charge in [-0.2, -0.15) is 0 Å². The summed E-state index contributed by atoms with van der Waals surface area (Å²) in [5.74, 6) is 0.499. The van der Waals surface area contributed by atoms with Gasteiger partial charge in [-0.05, 0) is 41.3 Å². The van der Waals surface area contributed by atoms with Gasteiger partial charge in [0.25, 0.3) is 10.0 Å². The van der Waals surface area contributed by atoms with E-state index in [0.29, 0.717) is 30.3 Å². The van der Waals surface area contributed by atoms with Crippen LogP contribution in [0.25, 0.3) is 0 Å². The SMILES string of the molecule is CC(C)(C)c1ccccc1S(=O)(=O)N(c1ccccc1)c1ccccc1OCC1CO1. The quantitative estimate of drug-likeness (QED) is 0.471. The molecule has 0 aliphatic carbocycles. The molecule has 0 aromatic heterocycles. The van der Waals surface area contributed by atoms with Crippen LogP contribution >= 0.6 is 0 Å². The Labute approximate surface area is 184 Å². The summed E-state index contributed by atoms with van der Waals surface area (Å²) >= 11 is 0. The van der Waals surface area contributed by atoms with Gasteiger partial charge >= 0.3 is 0 Å². The highest BCUT2D eigenvalue weighted by atomic mass is 32.2. The van der Waals surface area contributed by atoms with Crippen molar-refractivity contribution >= 4 is 21.4 Å². The lowest BCUT2D eigenvalue weighted by molar-refractivity contribution is 0.264. The molecule has 0 spiro atoms. The summed E-state index contributed by atoms with van der Waals surface area (Å²) in [5.41, 5.74) is 1.44. The molecule has 0 N–H and O–H groups in total. The van der Waals surface area contributed by atoms with Crippen LogP contribution in [0.1, 0.15) is 26.3 Å². The fourth-order valence-electron chi connectivity index (χ4n) is 3.47. The Balaban J connectivity index is 1.89. The first kappa shape index (κ1) is 21.4. The Morgan fingerprint density at radius 1 is 0.935 bits per heavy atom. The topological polar surface area (TPSA) is 59.1 Å². The third kappa shape index (κ3) is 4.60. The summed E-state index contributed by atoms with van der Waals surface area (Å²) in [7, 11) is -3.94. The highest BCUT2D eigenvalue weighted by Crippen LogP contribution is 2.40. The number of ether oxygens (including phenoxy) is 2. The van der Waals surface area contributed by atoms with Gasteiger partial charge in [-0.15, -0.1) is 0 Å². The Kier molecular flexibility index (Phi) is 5.77. The Morgan fingerprint density at radius 2 is 1.55 bits per heavy atom. The number of hydrogen-bond acceptors (Lipinski definition) is 4. The molecule has 0 amide bonds. The van der Waals surface area contributed by atoms with Crippen molar-refractivity contribution in [1.82, 2.24) is 0 Å². The summed E-state index contributed by atoms with van der Waals surface area (Å²) in [4.78, 5) is 0.284. The smallest absolute Gasteiger partial charge is 0.269 e. The van der Waals surface area contributed by atoms with Gasteiger partial charge in [0.1, 0.15) is 18.5 Å². The molecule has 31 heavy (non-hydrogen) atoms. The minimum atomic E-state index is -3.94. The molecule has 1 unspecified atom stereocenters. The standard InChI is InChI=1S/C25H27NO4S/c1-25(2,3)21-13-7-10-16-24(21)31(27,28)26(19-11-5-4-6-12-19)22-14-8-9-15-23(22)30-18-20-17-29-20/h4-16,20H,17-18H2,1-3H3. The molecule has 0 saturated carbocycles. The van der Waals surface area contributed by atoms with E-state index in [0.717, 1.165) is 5.56 Å². The highest BCUT2D eigenvalue weighted by Gasteiger charge is 2.33. The van der Waals surface area contributed by atoms with Gasteiger partial charge in [0.15, 0.2) is 0 Å². The van der Waals surface area contributed by atoms with Crippen LogP contribution < -0.4 is 9.04 Å². The third-order valence-corrected chi connectivity index (χ3v) is 6.92. The summed E-state index contributed by atoms with van der Waals surface area (Å²) in [6, 6.07) is 23.5. The number of sulfonamides is 1. The molecule has 3 aromatic rings. The molecule has 3 aromatic carbocycles. The van der Waals surface area contributed by atoms with Crippen molar-refractivity contribution in [3.63, 3.8) is 0 Å². The van der Waals surface area contributed by atoms with Gasteiger partial charge in [0.05, 0.1) is 22.9 Å². The minimum absolute atomic E-state index is 0.0662. The van der Waals surface area contributed by atoms with Crippen LogP contribution in [0.5, 0.6) is 5.75 Å². The first-order valence-corrected chi connectivity index (χ1v) is 11.8. The summed E-state index contributed by atoms with van der Waals surface area (Å²) < 4.78 is 40.9. The van der Waals surface area contributed by atoms with Crippen LogP contribution in [0, 0.1) is 0 Å². The molecule has 1 saturated heterocycles. The van der Waals surface area contributed by atoms with Crippen LogP contribution in [-0.2, 0) is 20.2 Å². The van der Waals surface area contributed by atoms with E-state index in [9.17, 15) is 8.42 Å². The van der Waals surface area contributed by atoms with E-state index in [1.807, 2.05) is 63.2 Å². The van der Waals surface area contributed by atoms with Gasteiger partial charge < -0.3 is 9.47 Å². The first-order valence-electron chi connectivity index (χ1n) is 10.3. The van der Waals surface area contributed by atoms with E-state index in [1.54, 1.807) is 36.4 Å². The third-order valence-electron chi connectivity index (χ3n) is 5.12. The molecule has 1 heterocycles. The van der Waals surface area contributed by atoms with Crippen LogP contribution in [0.3, 0.4) is 0 Å². The average molecular weight is 438 g/mol. The lowest BCUT2D eigenvalue weighted by atomic mass is 9.87. The van der Waals surface area contributed by atoms with Crippen molar-refractivity contribution in [2.45, 2.75) is 37.2 Å². The fraction of sp³-hybridized carbons (Fsp3) is 0.280. The zero-order chi connectivity index (χ0) is 22.1. The molecule has 1 fully saturated rings. The molecule has 0 bridgehead atoms. The molecule has 1 aliphatic heterocycles. The van der Waals surface area contributed by atoms with E-state index < -0.39 is 10.0 Å². The minimum Gasteiger partial charge on any atom is -0.489 e. The molecule has 0 radical (unpaired) electrons. The second-order valence-electron chi connectivity index (χ2n) is 8.59. The number of anilines is 2. The maximum atomic E-state index is 14.1. The Bertz CT molecular complexity index is 1150. The van der Waals surface area contributed by atoms with Crippen molar-refractivity contribution < 1.29 is 17.9 Å². The molecule has 4 rings (SSSR count). The van der Waals surface area contributed by atoms with E-state index in [1.165, 1.54) is 4.31 Å². The lowest BCUT2D eigenvalue weighted by Crippen LogP contribution is -2.29. The second kappa shape index (κ2) is 8.36. The molecular weight excluding hydrogens is 410 g/mol. The van der Waals surface area contributed by atoms with Crippen LogP contribution in [0.15, 0.2) is 83.8 Å². The predicted octanol–water partition coefficient (Wildman–Crippen LogP) is 5.29. The summed E-state index contributed by atoms with van der Waals surface area (Å²) in [5, 5.41) is 0. The number of epoxide rings is 1. The van der Waals surface area contributed by atoms with Crippen molar-refractivity contribution in [1.29, 1.82) is 0 Å². The monoisotopic (exact) mass is 437 g/mol. The molecular formula is C25H27NO4S. The van der Waals surface area contributed by atoms with Crippen molar-refractivity contribution in [3.8, 4) is 5.75 Å².